The Labute approximate surface area is 234 Å². The van der Waals surface area contributed by atoms with E-state index < -0.39 is 24.7 Å². The molecular weight excluding hydrogens is 517 g/mol. The third-order valence-corrected chi connectivity index (χ3v) is 6.91. The monoisotopic (exact) mass is 554 g/mol. The summed E-state index contributed by atoms with van der Waals surface area (Å²) in [6, 6.07) is 18.4. The number of alkyl halides is 3. The number of aryl methyl sites for hydroxylation is 2. The van der Waals surface area contributed by atoms with Gasteiger partial charge < -0.3 is 9.84 Å². The van der Waals surface area contributed by atoms with Crippen LogP contribution >= 0.6 is 0 Å². The molecule has 0 aliphatic heterocycles. The summed E-state index contributed by atoms with van der Waals surface area (Å²) in [5.41, 5.74) is 6.22. The molecule has 0 saturated carbocycles. The van der Waals surface area contributed by atoms with Gasteiger partial charge in [0.1, 0.15) is 11.9 Å². The largest absolute Gasteiger partial charge is 0.486 e. The third kappa shape index (κ3) is 8.70. The molecule has 0 bridgehead atoms. The maximum atomic E-state index is 13.1. The van der Waals surface area contributed by atoms with Gasteiger partial charge in [-0.3, -0.25) is 9.59 Å². The van der Waals surface area contributed by atoms with Crippen molar-refractivity contribution in [1.29, 1.82) is 0 Å². The lowest BCUT2D eigenvalue weighted by molar-refractivity contribution is -0.139. The molecular formula is C33H37F3O4. The molecule has 3 rings (SSSR count). The fourth-order valence-corrected chi connectivity index (χ4v) is 4.76. The van der Waals surface area contributed by atoms with E-state index in [-0.39, 0.29) is 36.9 Å². The lowest BCUT2D eigenvalue weighted by Crippen LogP contribution is -2.14. The average molecular weight is 555 g/mol. The van der Waals surface area contributed by atoms with Crippen molar-refractivity contribution in [1.82, 2.24) is 0 Å². The van der Waals surface area contributed by atoms with Crippen molar-refractivity contribution in [2.24, 2.45) is 0 Å². The normalized spacial score (nSPS) is 12.7. The van der Waals surface area contributed by atoms with Crippen LogP contribution in [0, 0.1) is 13.8 Å². The number of halogens is 3. The zero-order valence-electron chi connectivity index (χ0n) is 23.7. The molecule has 40 heavy (non-hydrogen) atoms. The van der Waals surface area contributed by atoms with E-state index >= 15 is 0 Å². The van der Waals surface area contributed by atoms with Gasteiger partial charge in [-0.25, -0.2) is 0 Å². The summed E-state index contributed by atoms with van der Waals surface area (Å²) in [5, 5.41) is 8.76. The van der Waals surface area contributed by atoms with Crippen molar-refractivity contribution in [3.05, 3.63) is 88.5 Å². The molecule has 0 aromatic heterocycles. The zero-order valence-corrected chi connectivity index (χ0v) is 23.7. The van der Waals surface area contributed by atoms with Crippen LogP contribution in [0.5, 0.6) is 5.75 Å². The van der Waals surface area contributed by atoms with E-state index in [0.29, 0.717) is 16.9 Å². The Morgan fingerprint density at radius 2 is 1.45 bits per heavy atom. The van der Waals surface area contributed by atoms with Gasteiger partial charge in [-0.05, 0) is 77.6 Å². The van der Waals surface area contributed by atoms with E-state index in [1.165, 1.54) is 5.56 Å². The Morgan fingerprint density at radius 3 is 1.95 bits per heavy atom. The number of carbonyl (C=O) groups is 2. The quantitative estimate of drug-likeness (QED) is 0.240. The average Bonchev–Trinajstić information content (AvgIpc) is 2.85. The summed E-state index contributed by atoms with van der Waals surface area (Å²) < 4.78 is 45.6. The first-order chi connectivity index (χ1) is 18.6. The summed E-state index contributed by atoms with van der Waals surface area (Å²) in [5.74, 6) is -0.700. The number of hydrogen-bond acceptors (Lipinski definition) is 3. The zero-order chi connectivity index (χ0) is 29.7. The predicted molar refractivity (Wildman–Crippen MR) is 151 cm³/mol. The number of rotatable bonds is 11. The molecule has 0 heterocycles. The first-order valence-electron chi connectivity index (χ1n) is 13.4. The summed E-state index contributed by atoms with van der Waals surface area (Å²) in [7, 11) is 0. The van der Waals surface area contributed by atoms with Crippen LogP contribution in [0.1, 0.15) is 91.6 Å². The van der Waals surface area contributed by atoms with Gasteiger partial charge in [-0.2, -0.15) is 13.2 Å². The smallest absolute Gasteiger partial charge is 0.389 e. The number of hydrogen-bond donors (Lipinski definition) is 1. The third-order valence-electron chi connectivity index (χ3n) is 6.91. The summed E-state index contributed by atoms with van der Waals surface area (Å²) in [6.45, 7) is 10.4. The number of Topliss-reactive ketones (excluding diaryl/α,β-unsaturated/α-hetero) is 1. The van der Waals surface area contributed by atoms with E-state index in [2.05, 4.69) is 45.0 Å². The van der Waals surface area contributed by atoms with E-state index in [1.54, 1.807) is 24.3 Å². The van der Waals surface area contributed by atoms with Crippen LogP contribution < -0.4 is 4.74 Å². The lowest BCUT2D eigenvalue weighted by atomic mass is 9.85. The molecule has 0 amide bonds. The number of ether oxygens (including phenoxy) is 1. The standard InChI is InChI=1S/C33H37F3O4/c1-21-19-27(20-22(2)31(21)25-13-15-26(16-14-25)32(3,4)5)40-29(17-18-33(34,35)36)24-11-9-23(10-12-24)28(37)7-6-8-30(38)39/h9-16,19-20,29H,6-8,17-18H2,1-5H3,(H,38,39). The van der Waals surface area contributed by atoms with E-state index in [4.69, 9.17) is 9.84 Å². The summed E-state index contributed by atoms with van der Waals surface area (Å²) >= 11 is 0. The van der Waals surface area contributed by atoms with Crippen LogP contribution in [0.4, 0.5) is 13.2 Å². The fourth-order valence-electron chi connectivity index (χ4n) is 4.76. The van der Waals surface area contributed by atoms with Crippen molar-refractivity contribution < 1.29 is 32.6 Å². The second-order valence-electron chi connectivity index (χ2n) is 11.3. The second kappa shape index (κ2) is 12.7. The second-order valence-corrected chi connectivity index (χ2v) is 11.3. The summed E-state index contributed by atoms with van der Waals surface area (Å²) in [6.07, 6.45) is -6.28. The minimum Gasteiger partial charge on any atom is -0.486 e. The Balaban J connectivity index is 1.84. The Kier molecular flexibility index (Phi) is 9.82. The molecule has 3 aromatic carbocycles. The van der Waals surface area contributed by atoms with E-state index in [1.807, 2.05) is 26.0 Å². The highest BCUT2D eigenvalue weighted by molar-refractivity contribution is 5.96. The molecule has 7 heteroatoms. The van der Waals surface area contributed by atoms with Crippen molar-refractivity contribution in [2.75, 3.05) is 0 Å². The van der Waals surface area contributed by atoms with Crippen LogP contribution in [-0.2, 0) is 10.2 Å². The van der Waals surface area contributed by atoms with Crippen LogP contribution in [-0.4, -0.2) is 23.0 Å². The van der Waals surface area contributed by atoms with Crippen LogP contribution in [0.2, 0.25) is 0 Å². The van der Waals surface area contributed by atoms with E-state index in [0.717, 1.165) is 22.3 Å². The Morgan fingerprint density at radius 1 is 0.875 bits per heavy atom. The molecule has 0 aliphatic carbocycles. The Bertz CT molecular complexity index is 1290. The molecule has 0 saturated heterocycles. The Hall–Kier alpha value is -3.61. The van der Waals surface area contributed by atoms with Crippen LogP contribution in [0.15, 0.2) is 60.7 Å². The number of aliphatic carboxylic acids is 1. The first-order valence-corrected chi connectivity index (χ1v) is 13.4. The summed E-state index contributed by atoms with van der Waals surface area (Å²) in [4.78, 5) is 23.1. The van der Waals surface area contributed by atoms with Gasteiger partial charge in [-0.15, -0.1) is 0 Å². The molecule has 1 N–H and O–H groups in total. The molecule has 1 atom stereocenters. The lowest BCUT2D eigenvalue weighted by Gasteiger charge is -2.23. The fraction of sp³-hybridized carbons (Fsp3) is 0.394. The van der Waals surface area contributed by atoms with Crippen molar-refractivity contribution in [3.63, 3.8) is 0 Å². The van der Waals surface area contributed by atoms with Crippen molar-refractivity contribution >= 4 is 11.8 Å². The molecule has 0 radical (unpaired) electrons. The molecule has 3 aromatic rings. The predicted octanol–water partition coefficient (Wildman–Crippen LogP) is 9.17. The minimum absolute atomic E-state index is 0.0393. The molecule has 0 fully saturated rings. The van der Waals surface area contributed by atoms with E-state index in [9.17, 15) is 22.8 Å². The SMILES string of the molecule is Cc1cc(OC(CCC(F)(F)F)c2ccc(C(=O)CCCC(=O)O)cc2)cc(C)c1-c1ccc(C(C)(C)C)cc1. The molecule has 4 nitrogen and oxygen atoms in total. The molecule has 214 valence electrons. The van der Waals surface area contributed by atoms with Crippen LogP contribution in [0.25, 0.3) is 11.1 Å². The van der Waals surface area contributed by atoms with Gasteiger partial charge in [0.2, 0.25) is 0 Å². The van der Waals surface area contributed by atoms with Gasteiger partial charge >= 0.3 is 12.1 Å². The highest BCUT2D eigenvalue weighted by Gasteiger charge is 2.30. The maximum Gasteiger partial charge on any atom is 0.389 e. The van der Waals surface area contributed by atoms with Gasteiger partial charge in [0.05, 0.1) is 0 Å². The minimum atomic E-state index is -4.34. The number of ketones is 1. The number of carboxylic acids is 1. The highest BCUT2D eigenvalue weighted by atomic mass is 19.4. The molecule has 0 aliphatic rings. The number of benzene rings is 3. The van der Waals surface area contributed by atoms with Gasteiger partial charge in [-0.1, -0.05) is 69.3 Å². The highest BCUT2D eigenvalue weighted by Crippen LogP contribution is 2.36. The maximum absolute atomic E-state index is 13.1. The number of carbonyl (C=O) groups excluding carboxylic acids is 1. The van der Waals surface area contributed by atoms with Crippen molar-refractivity contribution in [3.8, 4) is 16.9 Å². The van der Waals surface area contributed by atoms with Gasteiger partial charge in [0.15, 0.2) is 5.78 Å². The van der Waals surface area contributed by atoms with Gasteiger partial charge in [0.25, 0.3) is 0 Å². The van der Waals surface area contributed by atoms with Crippen LogP contribution in [0.3, 0.4) is 0 Å². The molecule has 0 spiro atoms. The number of carboxylic acid groups (broad SMARTS) is 1. The topological polar surface area (TPSA) is 63.6 Å². The first kappa shape index (κ1) is 30.9. The van der Waals surface area contributed by atoms with Crippen molar-refractivity contribution in [2.45, 2.75) is 84.4 Å². The molecule has 1 unspecified atom stereocenters. The van der Waals surface area contributed by atoms with Gasteiger partial charge in [0, 0.05) is 24.8 Å².